The van der Waals surface area contributed by atoms with Gasteiger partial charge in [0.2, 0.25) is 11.5 Å². The van der Waals surface area contributed by atoms with Gasteiger partial charge in [-0.05, 0) is 26.0 Å². The van der Waals surface area contributed by atoms with Crippen molar-refractivity contribution in [2.24, 2.45) is 5.84 Å². The number of nitrogens with zero attached hydrogens (tertiary/aromatic N) is 1. The van der Waals surface area contributed by atoms with Crippen molar-refractivity contribution in [3.05, 3.63) is 36.8 Å². The standard InChI is InChI=1S/C17H28N4O6.C2H4/c1-21(8-4-10-22)9-6-14(24)27-16-13(23)5-2-3-11-26-12-7-19-17(25)15(16)20-18;1-2/h2,5,20,22H,3-4,6-12,18H2,1H3,(H,19,25);1-2H2/b5-2-,16-15+;. The minimum absolute atomic E-state index is 0.00966. The predicted molar refractivity (Wildman–Crippen MR) is 108 cm³/mol. The number of esters is 1. The van der Waals surface area contributed by atoms with Gasteiger partial charge in [0.05, 0.1) is 19.6 Å². The van der Waals surface area contributed by atoms with Gasteiger partial charge in [0.15, 0.2) is 5.70 Å². The number of ketones is 1. The van der Waals surface area contributed by atoms with Gasteiger partial charge >= 0.3 is 5.97 Å². The molecule has 0 saturated carbocycles. The van der Waals surface area contributed by atoms with E-state index in [-0.39, 0.29) is 25.3 Å². The van der Waals surface area contributed by atoms with Gasteiger partial charge in [-0.25, -0.2) is 0 Å². The fraction of sp³-hybridized carbons (Fsp3) is 0.526. The predicted octanol–water partition coefficient (Wildman–Crippen LogP) is -0.627. The minimum atomic E-state index is -0.675. The Balaban J connectivity index is 0.00000379. The Kier molecular flexibility index (Phi) is 15.0. The molecule has 0 aromatic heterocycles. The van der Waals surface area contributed by atoms with E-state index in [1.807, 2.05) is 4.90 Å². The lowest BCUT2D eigenvalue weighted by atomic mass is 10.2. The molecule has 10 heteroatoms. The summed E-state index contributed by atoms with van der Waals surface area (Å²) >= 11 is 0. The number of allylic oxidation sites excluding steroid dienone is 1. The zero-order chi connectivity index (χ0) is 22.1. The molecule has 1 aliphatic heterocycles. The van der Waals surface area contributed by atoms with Gasteiger partial charge in [0, 0.05) is 26.2 Å². The van der Waals surface area contributed by atoms with Crippen molar-refractivity contribution in [2.75, 3.05) is 46.5 Å². The van der Waals surface area contributed by atoms with Gasteiger partial charge in [0.25, 0.3) is 5.91 Å². The zero-order valence-corrected chi connectivity index (χ0v) is 16.9. The summed E-state index contributed by atoms with van der Waals surface area (Å²) in [4.78, 5) is 38.6. The molecule has 10 nitrogen and oxygen atoms in total. The van der Waals surface area contributed by atoms with E-state index in [0.717, 1.165) is 0 Å². The van der Waals surface area contributed by atoms with Gasteiger partial charge in [-0.1, -0.05) is 6.08 Å². The molecule has 1 amide bonds. The molecule has 1 aliphatic rings. The summed E-state index contributed by atoms with van der Waals surface area (Å²) in [5.41, 5.74) is 1.81. The van der Waals surface area contributed by atoms with Crippen LogP contribution in [0.2, 0.25) is 0 Å². The maximum atomic E-state index is 12.4. The smallest absolute Gasteiger partial charge is 0.312 e. The van der Waals surface area contributed by atoms with Gasteiger partial charge in [-0.15, -0.1) is 13.2 Å². The number of rotatable bonds is 8. The van der Waals surface area contributed by atoms with Crippen molar-refractivity contribution < 1.29 is 29.0 Å². The third kappa shape index (κ3) is 11.2. The number of hydrogen-bond acceptors (Lipinski definition) is 9. The molecule has 0 aliphatic carbocycles. The molecule has 0 spiro atoms. The third-order valence-electron chi connectivity index (χ3n) is 3.66. The molecule has 5 N–H and O–H groups in total. The molecule has 1 heterocycles. The SMILES string of the molecule is C=C.CN(CCCO)CCC(=O)O/C1=C(/NN)C(=O)NCCOCC/C=C\C1=O. The summed E-state index contributed by atoms with van der Waals surface area (Å²) in [6.45, 7) is 7.99. The van der Waals surface area contributed by atoms with Crippen LogP contribution in [0.1, 0.15) is 19.3 Å². The number of hydrogen-bond donors (Lipinski definition) is 4. The molecular weight excluding hydrogens is 380 g/mol. The van der Waals surface area contributed by atoms with Crippen LogP contribution in [0.4, 0.5) is 0 Å². The van der Waals surface area contributed by atoms with Gasteiger partial charge in [-0.3, -0.25) is 20.2 Å². The van der Waals surface area contributed by atoms with Crippen LogP contribution in [-0.4, -0.2) is 74.2 Å². The average Bonchev–Trinajstić information content (AvgIpc) is 2.72. The third-order valence-corrected chi connectivity index (χ3v) is 3.66. The molecule has 0 aromatic rings. The molecule has 0 radical (unpaired) electrons. The zero-order valence-electron chi connectivity index (χ0n) is 16.9. The van der Waals surface area contributed by atoms with Crippen molar-refractivity contribution in [1.82, 2.24) is 15.6 Å². The van der Waals surface area contributed by atoms with Crippen LogP contribution < -0.4 is 16.6 Å². The number of carbonyl (C=O) groups excluding carboxylic acids is 3. The summed E-state index contributed by atoms with van der Waals surface area (Å²) in [7, 11) is 1.80. The molecule has 29 heavy (non-hydrogen) atoms. The van der Waals surface area contributed by atoms with Crippen LogP contribution in [-0.2, 0) is 23.9 Å². The molecule has 0 fully saturated rings. The van der Waals surface area contributed by atoms with E-state index >= 15 is 0 Å². The van der Waals surface area contributed by atoms with Crippen LogP contribution >= 0.6 is 0 Å². The Morgan fingerprint density at radius 3 is 2.76 bits per heavy atom. The Hall–Kier alpha value is -2.53. The molecule has 0 bridgehead atoms. The van der Waals surface area contributed by atoms with Crippen LogP contribution in [0, 0.1) is 0 Å². The van der Waals surface area contributed by atoms with Crippen LogP contribution in [0.15, 0.2) is 36.8 Å². The van der Waals surface area contributed by atoms with E-state index in [9.17, 15) is 14.4 Å². The number of nitrogens with one attached hydrogen (secondary N) is 2. The molecule has 164 valence electrons. The van der Waals surface area contributed by atoms with Crippen molar-refractivity contribution in [1.29, 1.82) is 0 Å². The molecule has 0 aromatic carbocycles. The summed E-state index contributed by atoms with van der Waals surface area (Å²) in [6.07, 6.45) is 3.89. The second-order valence-electron chi connectivity index (χ2n) is 5.88. The summed E-state index contributed by atoms with van der Waals surface area (Å²) in [5.74, 6) is 2.94. The second kappa shape index (κ2) is 16.4. The minimum Gasteiger partial charge on any atom is -0.420 e. The highest BCUT2D eigenvalue weighted by atomic mass is 16.5. The Bertz CT molecular complexity index is 591. The van der Waals surface area contributed by atoms with Crippen LogP contribution in [0.5, 0.6) is 0 Å². The Morgan fingerprint density at radius 1 is 1.38 bits per heavy atom. The highest BCUT2D eigenvalue weighted by molar-refractivity contribution is 6.09. The van der Waals surface area contributed by atoms with Crippen molar-refractivity contribution in [3.63, 3.8) is 0 Å². The fourth-order valence-electron chi connectivity index (χ4n) is 2.20. The molecule has 0 atom stereocenters. The summed E-state index contributed by atoms with van der Waals surface area (Å²) < 4.78 is 10.4. The maximum Gasteiger partial charge on any atom is 0.312 e. The number of aliphatic hydroxyl groups is 1. The first-order chi connectivity index (χ1) is 14.0. The molecular formula is C19H32N4O6. The summed E-state index contributed by atoms with van der Waals surface area (Å²) in [5, 5.41) is 11.4. The Labute approximate surface area is 171 Å². The Morgan fingerprint density at radius 2 is 2.10 bits per heavy atom. The molecule has 0 saturated heterocycles. The average molecular weight is 412 g/mol. The maximum absolute atomic E-state index is 12.4. The first-order valence-corrected chi connectivity index (χ1v) is 9.27. The van der Waals surface area contributed by atoms with E-state index in [0.29, 0.717) is 39.1 Å². The molecule has 0 unspecified atom stereocenters. The molecule has 1 rings (SSSR count). The van der Waals surface area contributed by atoms with Crippen molar-refractivity contribution in [2.45, 2.75) is 19.3 Å². The van der Waals surface area contributed by atoms with Crippen LogP contribution in [0.3, 0.4) is 0 Å². The first kappa shape index (κ1) is 26.5. The van der Waals surface area contributed by atoms with E-state index < -0.39 is 23.4 Å². The normalized spacial score (nSPS) is 19.2. The number of carbonyl (C=O) groups is 3. The largest absolute Gasteiger partial charge is 0.420 e. The van der Waals surface area contributed by atoms with Gasteiger partial charge in [0.1, 0.15) is 0 Å². The highest BCUT2D eigenvalue weighted by Crippen LogP contribution is 2.10. The number of hydrazine groups is 1. The van der Waals surface area contributed by atoms with E-state index in [4.69, 9.17) is 20.4 Å². The first-order valence-electron chi connectivity index (χ1n) is 9.27. The van der Waals surface area contributed by atoms with Gasteiger partial charge in [-0.2, -0.15) is 0 Å². The number of amides is 1. The fourth-order valence-corrected chi connectivity index (χ4v) is 2.20. The second-order valence-corrected chi connectivity index (χ2v) is 5.88. The van der Waals surface area contributed by atoms with E-state index in [2.05, 4.69) is 23.9 Å². The highest BCUT2D eigenvalue weighted by Gasteiger charge is 2.24. The monoisotopic (exact) mass is 412 g/mol. The lowest BCUT2D eigenvalue weighted by Gasteiger charge is -2.16. The van der Waals surface area contributed by atoms with Gasteiger partial charge < -0.3 is 30.2 Å². The summed E-state index contributed by atoms with van der Waals surface area (Å²) in [6, 6.07) is 0. The lowest BCUT2D eigenvalue weighted by Crippen LogP contribution is -2.39. The van der Waals surface area contributed by atoms with Crippen molar-refractivity contribution >= 4 is 17.7 Å². The topological polar surface area (TPSA) is 143 Å². The lowest BCUT2D eigenvalue weighted by molar-refractivity contribution is -0.142. The number of aliphatic hydroxyl groups excluding tert-OH is 1. The number of nitrogens with two attached hydrogens (primary N) is 1. The van der Waals surface area contributed by atoms with E-state index in [1.165, 1.54) is 6.08 Å². The van der Waals surface area contributed by atoms with Crippen LogP contribution in [0.25, 0.3) is 0 Å². The van der Waals surface area contributed by atoms with Crippen molar-refractivity contribution in [3.8, 4) is 0 Å². The quantitative estimate of drug-likeness (QED) is 0.177. The van der Waals surface area contributed by atoms with E-state index in [1.54, 1.807) is 13.1 Å². The number of ether oxygens (including phenoxy) is 2.